The highest BCUT2D eigenvalue weighted by Gasteiger charge is 2.27. The first-order chi connectivity index (χ1) is 7.96. The molecule has 0 aromatic heterocycles. The molecule has 0 saturated carbocycles. The molecule has 0 spiro atoms. The Hall–Kier alpha value is -0.580. The third-order valence-electron chi connectivity index (χ3n) is 2.94. The quantitative estimate of drug-likeness (QED) is 0.911. The average molecular weight is 300 g/mol. The second-order valence-corrected chi connectivity index (χ2v) is 6.01. The Kier molecular flexibility index (Phi) is 3.76. The minimum atomic E-state index is -0.0973. The number of rotatable bonds is 2. The summed E-state index contributed by atoms with van der Waals surface area (Å²) in [6, 6.07) is 5.55. The number of aromatic hydroxyl groups is 1. The predicted molar refractivity (Wildman–Crippen MR) is 71.1 cm³/mol. The van der Waals surface area contributed by atoms with Gasteiger partial charge >= 0.3 is 0 Å². The molecule has 1 aliphatic heterocycles. The number of morpholine rings is 1. The SMILES string of the molecule is CC1(C)CN(Cc2cc(Br)ccc2O)CCO1. The summed E-state index contributed by atoms with van der Waals surface area (Å²) in [6.07, 6.45) is 0. The van der Waals surface area contributed by atoms with Crippen molar-refractivity contribution in [3.05, 3.63) is 28.2 Å². The minimum absolute atomic E-state index is 0.0973. The standard InChI is InChI=1S/C13H18BrNO2/c1-13(2)9-15(5-6-17-13)8-10-7-11(14)3-4-12(10)16/h3-4,7,16H,5-6,8-9H2,1-2H3. The van der Waals surface area contributed by atoms with E-state index < -0.39 is 0 Å². The number of nitrogens with zero attached hydrogens (tertiary/aromatic N) is 1. The van der Waals surface area contributed by atoms with E-state index in [0.717, 1.165) is 36.3 Å². The Morgan fingerprint density at radius 3 is 2.94 bits per heavy atom. The van der Waals surface area contributed by atoms with Gasteiger partial charge in [0.05, 0.1) is 12.2 Å². The minimum Gasteiger partial charge on any atom is -0.508 e. The van der Waals surface area contributed by atoms with E-state index in [-0.39, 0.29) is 5.60 Å². The van der Waals surface area contributed by atoms with Gasteiger partial charge in [-0.3, -0.25) is 4.90 Å². The zero-order valence-corrected chi connectivity index (χ0v) is 11.8. The molecule has 17 heavy (non-hydrogen) atoms. The number of halogens is 1. The van der Waals surface area contributed by atoms with Crippen molar-refractivity contribution in [1.82, 2.24) is 4.90 Å². The first-order valence-electron chi connectivity index (χ1n) is 5.80. The molecule has 0 aliphatic carbocycles. The molecule has 1 fully saturated rings. The lowest BCUT2D eigenvalue weighted by Gasteiger charge is -2.38. The number of phenols is 1. The van der Waals surface area contributed by atoms with Crippen LogP contribution in [0.3, 0.4) is 0 Å². The summed E-state index contributed by atoms with van der Waals surface area (Å²) in [4.78, 5) is 2.31. The molecule has 1 heterocycles. The van der Waals surface area contributed by atoms with Crippen molar-refractivity contribution in [2.45, 2.75) is 26.0 Å². The molecule has 1 aromatic rings. The van der Waals surface area contributed by atoms with Crippen LogP contribution < -0.4 is 0 Å². The summed E-state index contributed by atoms with van der Waals surface area (Å²) < 4.78 is 6.67. The smallest absolute Gasteiger partial charge is 0.120 e. The van der Waals surface area contributed by atoms with Crippen LogP contribution in [0.1, 0.15) is 19.4 Å². The number of hydrogen-bond acceptors (Lipinski definition) is 3. The van der Waals surface area contributed by atoms with Crippen LogP contribution in [0.5, 0.6) is 5.75 Å². The molecule has 0 unspecified atom stereocenters. The molecular weight excluding hydrogens is 282 g/mol. The van der Waals surface area contributed by atoms with Gasteiger partial charge in [-0.1, -0.05) is 15.9 Å². The van der Waals surface area contributed by atoms with Crippen LogP contribution >= 0.6 is 15.9 Å². The van der Waals surface area contributed by atoms with Gasteiger partial charge < -0.3 is 9.84 Å². The number of ether oxygens (including phenoxy) is 1. The first kappa shape index (κ1) is 12.9. The van der Waals surface area contributed by atoms with Gasteiger partial charge in [0.1, 0.15) is 5.75 Å². The molecule has 4 heteroatoms. The van der Waals surface area contributed by atoms with Crippen molar-refractivity contribution < 1.29 is 9.84 Å². The fraction of sp³-hybridized carbons (Fsp3) is 0.538. The lowest BCUT2D eigenvalue weighted by atomic mass is 10.1. The molecule has 0 atom stereocenters. The highest BCUT2D eigenvalue weighted by Crippen LogP contribution is 2.25. The van der Waals surface area contributed by atoms with Gasteiger partial charge in [-0.25, -0.2) is 0 Å². The van der Waals surface area contributed by atoms with Gasteiger partial charge in [-0.05, 0) is 32.0 Å². The molecular formula is C13H18BrNO2. The number of benzene rings is 1. The predicted octanol–water partition coefficient (Wildman–Crippen LogP) is 2.77. The topological polar surface area (TPSA) is 32.7 Å². The first-order valence-corrected chi connectivity index (χ1v) is 6.59. The van der Waals surface area contributed by atoms with Crippen LogP contribution in [-0.2, 0) is 11.3 Å². The zero-order chi connectivity index (χ0) is 12.5. The van der Waals surface area contributed by atoms with Gasteiger partial charge in [0.25, 0.3) is 0 Å². The molecule has 0 radical (unpaired) electrons. The Labute approximate surface area is 111 Å². The molecule has 1 aliphatic rings. The van der Waals surface area contributed by atoms with Gasteiger partial charge in [0, 0.05) is 29.7 Å². The fourth-order valence-electron chi connectivity index (χ4n) is 2.17. The molecule has 2 rings (SSSR count). The van der Waals surface area contributed by atoms with Crippen molar-refractivity contribution >= 4 is 15.9 Å². The van der Waals surface area contributed by atoms with Crippen LogP contribution in [0.4, 0.5) is 0 Å². The van der Waals surface area contributed by atoms with Crippen LogP contribution in [0.15, 0.2) is 22.7 Å². The van der Waals surface area contributed by atoms with E-state index in [9.17, 15) is 5.11 Å². The Bertz CT molecular complexity index is 406. The number of phenolic OH excluding ortho intramolecular Hbond substituents is 1. The van der Waals surface area contributed by atoms with Gasteiger partial charge in [0.15, 0.2) is 0 Å². The summed E-state index contributed by atoms with van der Waals surface area (Å²) in [7, 11) is 0. The third-order valence-corrected chi connectivity index (χ3v) is 3.43. The van der Waals surface area contributed by atoms with E-state index in [1.54, 1.807) is 6.07 Å². The highest BCUT2D eigenvalue weighted by molar-refractivity contribution is 9.10. The second kappa shape index (κ2) is 4.96. The van der Waals surface area contributed by atoms with Gasteiger partial charge in [0.2, 0.25) is 0 Å². The van der Waals surface area contributed by atoms with Crippen molar-refractivity contribution in [3.63, 3.8) is 0 Å². The molecule has 1 saturated heterocycles. The fourth-order valence-corrected chi connectivity index (χ4v) is 2.58. The third kappa shape index (κ3) is 3.44. The molecule has 0 amide bonds. The van der Waals surface area contributed by atoms with Crippen LogP contribution in [0.2, 0.25) is 0 Å². The van der Waals surface area contributed by atoms with E-state index in [1.807, 2.05) is 12.1 Å². The Balaban J connectivity index is 2.07. The Morgan fingerprint density at radius 1 is 1.47 bits per heavy atom. The van der Waals surface area contributed by atoms with Crippen LogP contribution in [-0.4, -0.2) is 35.3 Å². The van der Waals surface area contributed by atoms with Crippen molar-refractivity contribution in [2.75, 3.05) is 19.7 Å². The lowest BCUT2D eigenvalue weighted by molar-refractivity contribution is -0.0883. The van der Waals surface area contributed by atoms with Crippen LogP contribution in [0.25, 0.3) is 0 Å². The molecule has 94 valence electrons. The largest absolute Gasteiger partial charge is 0.508 e. The highest BCUT2D eigenvalue weighted by atomic mass is 79.9. The average Bonchev–Trinajstić information content (AvgIpc) is 2.22. The lowest BCUT2D eigenvalue weighted by Crippen LogP contribution is -2.47. The number of hydrogen-bond donors (Lipinski definition) is 1. The van der Waals surface area contributed by atoms with E-state index in [0.29, 0.717) is 5.75 Å². The summed E-state index contributed by atoms with van der Waals surface area (Å²) >= 11 is 3.43. The second-order valence-electron chi connectivity index (χ2n) is 5.09. The molecule has 0 bridgehead atoms. The molecule has 1 N–H and O–H groups in total. The van der Waals surface area contributed by atoms with Crippen molar-refractivity contribution in [3.8, 4) is 5.75 Å². The van der Waals surface area contributed by atoms with Crippen LogP contribution in [0, 0.1) is 0 Å². The van der Waals surface area contributed by atoms with E-state index in [2.05, 4.69) is 34.7 Å². The van der Waals surface area contributed by atoms with Crippen molar-refractivity contribution in [1.29, 1.82) is 0 Å². The summed E-state index contributed by atoms with van der Waals surface area (Å²) in [5.74, 6) is 0.359. The maximum absolute atomic E-state index is 9.82. The van der Waals surface area contributed by atoms with Gasteiger partial charge in [-0.15, -0.1) is 0 Å². The molecule has 3 nitrogen and oxygen atoms in total. The maximum atomic E-state index is 9.82. The zero-order valence-electron chi connectivity index (χ0n) is 10.2. The summed E-state index contributed by atoms with van der Waals surface area (Å²) in [6.45, 7) is 7.51. The van der Waals surface area contributed by atoms with Crippen molar-refractivity contribution in [2.24, 2.45) is 0 Å². The van der Waals surface area contributed by atoms with E-state index >= 15 is 0 Å². The van der Waals surface area contributed by atoms with E-state index in [4.69, 9.17) is 4.74 Å². The Morgan fingerprint density at radius 2 is 2.24 bits per heavy atom. The summed E-state index contributed by atoms with van der Waals surface area (Å²) in [5.41, 5.74) is 0.858. The van der Waals surface area contributed by atoms with Gasteiger partial charge in [-0.2, -0.15) is 0 Å². The molecule has 1 aromatic carbocycles. The normalized spacial score (nSPS) is 20.4. The summed E-state index contributed by atoms with van der Waals surface area (Å²) in [5, 5.41) is 9.82. The maximum Gasteiger partial charge on any atom is 0.120 e. The monoisotopic (exact) mass is 299 g/mol. The van der Waals surface area contributed by atoms with E-state index in [1.165, 1.54) is 0 Å².